The molecule has 2 atom stereocenters. The van der Waals surface area contributed by atoms with E-state index in [9.17, 15) is 9.90 Å². The van der Waals surface area contributed by atoms with Gasteiger partial charge in [-0.25, -0.2) is 0 Å². The Morgan fingerprint density at radius 2 is 1.70 bits per heavy atom. The lowest BCUT2D eigenvalue weighted by Gasteiger charge is -2.24. The van der Waals surface area contributed by atoms with E-state index < -0.39 is 11.9 Å². The third kappa shape index (κ3) is 5.71. The number of carboxylic acids is 1. The van der Waals surface area contributed by atoms with Gasteiger partial charge in [-0.1, -0.05) is 72.8 Å². The molecule has 0 saturated carbocycles. The molecule has 0 heterocycles. The molecule has 1 aliphatic carbocycles. The van der Waals surface area contributed by atoms with Crippen molar-refractivity contribution in [1.29, 1.82) is 0 Å². The largest absolute Gasteiger partial charge is 0.489 e. The summed E-state index contributed by atoms with van der Waals surface area (Å²) in [5.41, 5.74) is 9.90. The van der Waals surface area contributed by atoms with Crippen molar-refractivity contribution in [3.63, 3.8) is 0 Å². The van der Waals surface area contributed by atoms with Gasteiger partial charge in [-0.05, 0) is 54.5 Å². The van der Waals surface area contributed by atoms with Crippen molar-refractivity contribution in [1.82, 2.24) is 0 Å². The van der Waals surface area contributed by atoms with Crippen molar-refractivity contribution in [2.24, 2.45) is 5.73 Å². The Morgan fingerprint density at radius 3 is 2.30 bits per heavy atom. The maximum Gasteiger partial charge on any atom is 0.310 e. The molecule has 0 saturated heterocycles. The van der Waals surface area contributed by atoms with Crippen LogP contribution in [0.2, 0.25) is 0 Å². The third-order valence-electron chi connectivity index (χ3n) is 5.32. The number of aliphatic carboxylic acids is 1. The molecular weight excluding hydrogens is 374 g/mol. The highest BCUT2D eigenvalue weighted by Crippen LogP contribution is 2.37. The summed E-state index contributed by atoms with van der Waals surface area (Å²) in [5, 5.41) is 9.34. The Bertz CT molecular complexity index is 939. The van der Waals surface area contributed by atoms with E-state index in [0.29, 0.717) is 13.0 Å². The maximum absolute atomic E-state index is 11.4. The number of hydrogen-bond acceptors (Lipinski definition) is 3. The van der Waals surface area contributed by atoms with Crippen molar-refractivity contribution >= 4 is 5.97 Å². The second kappa shape index (κ2) is 10.6. The van der Waals surface area contributed by atoms with Crippen LogP contribution in [0, 0.1) is 0 Å². The summed E-state index contributed by atoms with van der Waals surface area (Å²) in [5.74, 6) is -0.313. The van der Waals surface area contributed by atoms with E-state index in [1.165, 1.54) is 5.56 Å². The van der Waals surface area contributed by atoms with Crippen molar-refractivity contribution < 1.29 is 14.6 Å². The number of hydrogen-bond donors (Lipinski definition) is 2. The molecule has 3 aromatic carbocycles. The van der Waals surface area contributed by atoms with Gasteiger partial charge in [-0.2, -0.15) is 0 Å². The van der Waals surface area contributed by atoms with Crippen LogP contribution in [0.5, 0.6) is 5.75 Å². The summed E-state index contributed by atoms with van der Waals surface area (Å²) in [4.78, 5) is 11.4. The first-order valence-electron chi connectivity index (χ1n) is 10.4. The van der Waals surface area contributed by atoms with Crippen LogP contribution in [-0.2, 0) is 17.8 Å². The van der Waals surface area contributed by atoms with Gasteiger partial charge in [0, 0.05) is 6.04 Å². The maximum atomic E-state index is 11.4. The molecule has 0 aromatic heterocycles. The number of fused-ring (bicyclic) bond motifs is 1. The van der Waals surface area contributed by atoms with E-state index in [1.807, 2.05) is 85.8 Å². The summed E-state index contributed by atoms with van der Waals surface area (Å²) in [6.45, 7) is 2.49. The van der Waals surface area contributed by atoms with Gasteiger partial charge < -0.3 is 15.6 Å². The summed E-state index contributed by atoms with van der Waals surface area (Å²) in [6.07, 6.45) is 2.50. The third-order valence-corrected chi connectivity index (χ3v) is 5.32. The zero-order valence-electron chi connectivity index (χ0n) is 17.3. The number of carbonyl (C=O) groups is 1. The molecule has 0 radical (unpaired) electrons. The molecule has 3 aromatic rings. The first-order chi connectivity index (χ1) is 14.6. The minimum atomic E-state index is -0.740. The molecular formula is C26H29NO3. The highest BCUT2D eigenvalue weighted by atomic mass is 16.5. The topological polar surface area (TPSA) is 72.6 Å². The molecule has 0 aliphatic heterocycles. The zero-order chi connectivity index (χ0) is 21.3. The summed E-state index contributed by atoms with van der Waals surface area (Å²) in [7, 11) is 0. The highest BCUT2D eigenvalue weighted by molar-refractivity contribution is 5.77. The Hall–Kier alpha value is -3.11. The van der Waals surface area contributed by atoms with Crippen LogP contribution in [-0.4, -0.2) is 11.1 Å². The molecule has 4 heteroatoms. The van der Waals surface area contributed by atoms with Crippen LogP contribution in [0.3, 0.4) is 0 Å². The molecule has 4 nitrogen and oxygen atoms in total. The minimum absolute atomic E-state index is 0.159. The van der Waals surface area contributed by atoms with E-state index in [0.717, 1.165) is 35.3 Å². The van der Waals surface area contributed by atoms with Crippen LogP contribution in [0.1, 0.15) is 54.0 Å². The monoisotopic (exact) mass is 403 g/mol. The molecule has 3 N–H and O–H groups in total. The van der Waals surface area contributed by atoms with E-state index in [2.05, 4.69) is 0 Å². The fraction of sp³-hybridized carbons (Fsp3) is 0.269. The SMILES string of the molecule is C[C@H](N)c1ccccc1.O=C(O)C1CCCc2c(OCc3ccccc3)cccc21. The second-order valence-corrected chi connectivity index (χ2v) is 7.58. The normalized spacial score (nSPS) is 15.9. The van der Waals surface area contributed by atoms with Gasteiger partial charge in [0.05, 0.1) is 5.92 Å². The first-order valence-corrected chi connectivity index (χ1v) is 10.4. The van der Waals surface area contributed by atoms with E-state index >= 15 is 0 Å². The predicted molar refractivity (Wildman–Crippen MR) is 120 cm³/mol. The average molecular weight is 404 g/mol. The zero-order valence-corrected chi connectivity index (χ0v) is 17.3. The molecule has 0 spiro atoms. The van der Waals surface area contributed by atoms with Crippen molar-refractivity contribution in [3.05, 3.63) is 101 Å². The highest BCUT2D eigenvalue weighted by Gasteiger charge is 2.27. The molecule has 0 fully saturated rings. The van der Waals surface area contributed by atoms with Crippen LogP contribution in [0.15, 0.2) is 78.9 Å². The second-order valence-electron chi connectivity index (χ2n) is 7.58. The standard InChI is InChI=1S/C18H18O3.C8H11N/c19-18(20)16-10-4-9-15-14(16)8-5-11-17(15)21-12-13-6-2-1-3-7-13;1-7(9)8-5-3-2-4-6-8/h1-3,5-8,11,16H,4,9-10,12H2,(H,19,20);2-7H,9H2,1H3/t;7-/m.0/s1. The van der Waals surface area contributed by atoms with Crippen molar-refractivity contribution in [2.75, 3.05) is 0 Å². The Kier molecular flexibility index (Phi) is 7.63. The Morgan fingerprint density at radius 1 is 1.03 bits per heavy atom. The summed E-state index contributed by atoms with van der Waals surface area (Å²) >= 11 is 0. The molecule has 0 bridgehead atoms. The van der Waals surface area contributed by atoms with Gasteiger partial charge in [-0.15, -0.1) is 0 Å². The van der Waals surface area contributed by atoms with Crippen LogP contribution in [0.25, 0.3) is 0 Å². The lowest BCUT2D eigenvalue weighted by atomic mass is 9.82. The number of rotatable bonds is 5. The van der Waals surface area contributed by atoms with Gasteiger partial charge >= 0.3 is 5.97 Å². The van der Waals surface area contributed by atoms with E-state index in [4.69, 9.17) is 10.5 Å². The van der Waals surface area contributed by atoms with Gasteiger partial charge in [0.25, 0.3) is 0 Å². The number of benzene rings is 3. The molecule has 30 heavy (non-hydrogen) atoms. The van der Waals surface area contributed by atoms with Gasteiger partial charge in [0.1, 0.15) is 12.4 Å². The van der Waals surface area contributed by atoms with Gasteiger partial charge in [0.15, 0.2) is 0 Å². The fourth-order valence-corrected chi connectivity index (χ4v) is 3.70. The lowest BCUT2D eigenvalue weighted by Crippen LogP contribution is -2.18. The number of ether oxygens (including phenoxy) is 1. The molecule has 4 rings (SSSR count). The van der Waals surface area contributed by atoms with Crippen LogP contribution in [0.4, 0.5) is 0 Å². The fourth-order valence-electron chi connectivity index (χ4n) is 3.70. The molecule has 0 amide bonds. The van der Waals surface area contributed by atoms with E-state index in [-0.39, 0.29) is 6.04 Å². The van der Waals surface area contributed by atoms with Crippen LogP contribution >= 0.6 is 0 Å². The smallest absolute Gasteiger partial charge is 0.310 e. The number of nitrogens with two attached hydrogens (primary N) is 1. The predicted octanol–water partition coefficient (Wildman–Crippen LogP) is 5.48. The summed E-state index contributed by atoms with van der Waals surface area (Å²) < 4.78 is 5.93. The quantitative estimate of drug-likeness (QED) is 0.592. The van der Waals surface area contributed by atoms with E-state index in [1.54, 1.807) is 0 Å². The lowest BCUT2D eigenvalue weighted by molar-refractivity contribution is -0.139. The molecule has 1 unspecified atom stereocenters. The average Bonchev–Trinajstić information content (AvgIpc) is 2.79. The van der Waals surface area contributed by atoms with Gasteiger partial charge in [0.2, 0.25) is 0 Å². The molecule has 156 valence electrons. The first kappa shape index (κ1) is 21.6. The van der Waals surface area contributed by atoms with Gasteiger partial charge in [-0.3, -0.25) is 4.79 Å². The van der Waals surface area contributed by atoms with Crippen molar-refractivity contribution in [3.8, 4) is 5.75 Å². The minimum Gasteiger partial charge on any atom is -0.489 e. The summed E-state index contributed by atoms with van der Waals surface area (Å²) in [6, 6.07) is 26.0. The van der Waals surface area contributed by atoms with Crippen molar-refractivity contribution in [2.45, 2.75) is 44.8 Å². The van der Waals surface area contributed by atoms with Crippen LogP contribution < -0.4 is 10.5 Å². The number of carboxylic acid groups (broad SMARTS) is 1. The Labute approximate surface area is 178 Å². The Balaban J connectivity index is 0.000000239. The molecule has 1 aliphatic rings.